The SMILES string of the molecule is CCCCOC(=O)CC(C)NC(=O)[C@@H]1CCCN1C(=O)C(F)(F)F. The third-order valence-electron chi connectivity index (χ3n) is 3.68. The second kappa shape index (κ2) is 8.89. The molecule has 1 unspecified atom stereocenters. The zero-order chi connectivity index (χ0) is 18.3. The molecule has 1 N–H and O–H groups in total. The number of carbonyl (C=O) groups is 3. The summed E-state index contributed by atoms with van der Waals surface area (Å²) in [5.74, 6) is -3.17. The lowest BCUT2D eigenvalue weighted by molar-refractivity contribution is -0.186. The predicted octanol–water partition coefficient (Wildman–Crippen LogP) is 1.78. The molecular formula is C15H23F3N2O4. The molecule has 0 aliphatic carbocycles. The summed E-state index contributed by atoms with van der Waals surface area (Å²) < 4.78 is 42.6. The molecule has 2 atom stereocenters. The highest BCUT2D eigenvalue weighted by Gasteiger charge is 2.47. The Bertz CT molecular complexity index is 468. The fraction of sp³-hybridized carbons (Fsp3) is 0.800. The van der Waals surface area contributed by atoms with Gasteiger partial charge < -0.3 is 15.0 Å². The Labute approximate surface area is 138 Å². The molecule has 1 aliphatic heterocycles. The molecule has 6 nitrogen and oxygen atoms in total. The van der Waals surface area contributed by atoms with Crippen molar-refractivity contribution in [1.29, 1.82) is 0 Å². The van der Waals surface area contributed by atoms with Crippen molar-refractivity contribution < 1.29 is 32.3 Å². The van der Waals surface area contributed by atoms with Gasteiger partial charge in [0.25, 0.3) is 0 Å². The molecular weight excluding hydrogens is 329 g/mol. The van der Waals surface area contributed by atoms with Crippen LogP contribution in [0.1, 0.15) is 46.0 Å². The van der Waals surface area contributed by atoms with E-state index in [0.717, 1.165) is 12.8 Å². The normalized spacial score (nSPS) is 19.0. The van der Waals surface area contributed by atoms with Gasteiger partial charge in [-0.3, -0.25) is 14.4 Å². The summed E-state index contributed by atoms with van der Waals surface area (Å²) >= 11 is 0. The molecule has 0 bridgehead atoms. The summed E-state index contributed by atoms with van der Waals surface area (Å²) in [7, 11) is 0. The van der Waals surface area contributed by atoms with Gasteiger partial charge >= 0.3 is 18.1 Å². The number of unbranched alkanes of at least 4 members (excludes halogenated alkanes) is 1. The van der Waals surface area contributed by atoms with E-state index >= 15 is 0 Å². The van der Waals surface area contributed by atoms with E-state index in [0.29, 0.717) is 17.9 Å². The van der Waals surface area contributed by atoms with Crippen LogP contribution in [0.15, 0.2) is 0 Å². The maximum absolute atomic E-state index is 12.5. The van der Waals surface area contributed by atoms with Gasteiger partial charge in [-0.25, -0.2) is 0 Å². The van der Waals surface area contributed by atoms with Gasteiger partial charge in [0.2, 0.25) is 5.91 Å². The van der Waals surface area contributed by atoms with Gasteiger partial charge in [-0.05, 0) is 26.2 Å². The van der Waals surface area contributed by atoms with E-state index in [2.05, 4.69) is 5.32 Å². The van der Waals surface area contributed by atoms with Gasteiger partial charge in [-0.2, -0.15) is 13.2 Å². The van der Waals surface area contributed by atoms with Crippen LogP contribution in [0.25, 0.3) is 0 Å². The number of ether oxygens (including phenoxy) is 1. The second-order valence-electron chi connectivity index (χ2n) is 5.84. The molecule has 138 valence electrons. The highest BCUT2D eigenvalue weighted by Crippen LogP contribution is 2.25. The first-order valence-electron chi connectivity index (χ1n) is 8.00. The molecule has 1 saturated heterocycles. The molecule has 0 aromatic rings. The lowest BCUT2D eigenvalue weighted by Gasteiger charge is -2.26. The van der Waals surface area contributed by atoms with E-state index in [-0.39, 0.29) is 19.4 Å². The number of carbonyl (C=O) groups excluding carboxylic acids is 3. The van der Waals surface area contributed by atoms with Gasteiger partial charge in [-0.15, -0.1) is 0 Å². The Morgan fingerprint density at radius 2 is 2.00 bits per heavy atom. The third kappa shape index (κ3) is 6.01. The molecule has 1 aliphatic rings. The van der Waals surface area contributed by atoms with Gasteiger partial charge in [0, 0.05) is 12.6 Å². The number of rotatable bonds is 7. The van der Waals surface area contributed by atoms with E-state index in [1.54, 1.807) is 6.92 Å². The molecule has 0 saturated carbocycles. The molecule has 1 heterocycles. The van der Waals surface area contributed by atoms with E-state index in [9.17, 15) is 27.6 Å². The first-order chi connectivity index (χ1) is 11.2. The minimum Gasteiger partial charge on any atom is -0.466 e. The fourth-order valence-electron chi connectivity index (χ4n) is 2.47. The molecule has 0 aromatic carbocycles. The van der Waals surface area contributed by atoms with Crippen LogP contribution in [0.4, 0.5) is 13.2 Å². The number of alkyl halides is 3. The zero-order valence-corrected chi connectivity index (χ0v) is 13.8. The minimum absolute atomic E-state index is 0.0740. The standard InChI is InChI=1S/C15H23F3N2O4/c1-3-4-8-24-12(21)9-10(2)19-13(22)11-6-5-7-20(11)14(23)15(16,17)18/h10-11H,3-9H2,1-2H3,(H,19,22)/t10?,11-/m0/s1. The molecule has 0 spiro atoms. The molecule has 1 fully saturated rings. The first-order valence-corrected chi connectivity index (χ1v) is 8.00. The van der Waals surface area contributed by atoms with Crippen LogP contribution >= 0.6 is 0 Å². The number of hydrogen-bond donors (Lipinski definition) is 1. The van der Waals surface area contributed by atoms with Gasteiger partial charge in [0.1, 0.15) is 6.04 Å². The van der Waals surface area contributed by atoms with Crippen molar-refractivity contribution in [1.82, 2.24) is 10.2 Å². The maximum atomic E-state index is 12.5. The van der Waals surface area contributed by atoms with Crippen molar-refractivity contribution in [3.8, 4) is 0 Å². The molecule has 0 radical (unpaired) electrons. The van der Waals surface area contributed by atoms with Gasteiger partial charge in [0.15, 0.2) is 0 Å². The summed E-state index contributed by atoms with van der Waals surface area (Å²) in [5.41, 5.74) is 0. The summed E-state index contributed by atoms with van der Waals surface area (Å²) in [6, 6.07) is -1.74. The zero-order valence-electron chi connectivity index (χ0n) is 13.8. The van der Waals surface area contributed by atoms with Crippen LogP contribution in [0.3, 0.4) is 0 Å². The van der Waals surface area contributed by atoms with Crippen LogP contribution in [-0.2, 0) is 19.1 Å². The Hall–Kier alpha value is -1.80. The lowest BCUT2D eigenvalue weighted by Crippen LogP contribution is -2.51. The number of hydrogen-bond acceptors (Lipinski definition) is 4. The van der Waals surface area contributed by atoms with Gasteiger partial charge in [0.05, 0.1) is 13.0 Å². The van der Waals surface area contributed by atoms with Crippen LogP contribution in [0.5, 0.6) is 0 Å². The van der Waals surface area contributed by atoms with Crippen LogP contribution in [0.2, 0.25) is 0 Å². The number of nitrogens with one attached hydrogen (secondary N) is 1. The Kier molecular flexibility index (Phi) is 7.50. The highest BCUT2D eigenvalue weighted by atomic mass is 19.4. The van der Waals surface area contributed by atoms with Crippen molar-refractivity contribution >= 4 is 17.8 Å². The summed E-state index contributed by atoms with van der Waals surface area (Å²) in [6.07, 6.45) is -2.96. The third-order valence-corrected chi connectivity index (χ3v) is 3.68. The monoisotopic (exact) mass is 352 g/mol. The molecule has 1 rings (SSSR count). The number of nitrogens with zero attached hydrogens (tertiary/aromatic N) is 1. The van der Waals surface area contributed by atoms with Crippen LogP contribution in [-0.4, -0.2) is 54.1 Å². The number of esters is 1. The second-order valence-corrected chi connectivity index (χ2v) is 5.84. The van der Waals surface area contributed by atoms with E-state index < -0.39 is 36.0 Å². The Balaban J connectivity index is 2.51. The Morgan fingerprint density at radius 3 is 2.58 bits per heavy atom. The summed E-state index contributed by atoms with van der Waals surface area (Å²) in [5, 5.41) is 2.48. The van der Waals surface area contributed by atoms with Gasteiger partial charge in [-0.1, -0.05) is 13.3 Å². The Morgan fingerprint density at radius 1 is 1.33 bits per heavy atom. The summed E-state index contributed by atoms with van der Waals surface area (Å²) in [4.78, 5) is 35.5. The smallest absolute Gasteiger partial charge is 0.466 e. The number of amides is 2. The highest BCUT2D eigenvalue weighted by molar-refractivity contribution is 5.90. The topological polar surface area (TPSA) is 75.7 Å². The number of halogens is 3. The van der Waals surface area contributed by atoms with Crippen LogP contribution < -0.4 is 5.32 Å². The quantitative estimate of drug-likeness (QED) is 0.560. The van der Waals surface area contributed by atoms with E-state index in [1.165, 1.54) is 0 Å². The van der Waals surface area contributed by atoms with Crippen molar-refractivity contribution in [2.24, 2.45) is 0 Å². The van der Waals surface area contributed by atoms with Crippen molar-refractivity contribution in [3.05, 3.63) is 0 Å². The first kappa shape index (κ1) is 20.2. The molecule has 0 aromatic heterocycles. The summed E-state index contributed by atoms with van der Waals surface area (Å²) in [6.45, 7) is 3.70. The van der Waals surface area contributed by atoms with E-state index in [1.807, 2.05) is 6.92 Å². The molecule has 24 heavy (non-hydrogen) atoms. The largest absolute Gasteiger partial charge is 0.471 e. The fourth-order valence-corrected chi connectivity index (χ4v) is 2.47. The van der Waals surface area contributed by atoms with Crippen LogP contribution in [0, 0.1) is 0 Å². The maximum Gasteiger partial charge on any atom is 0.471 e. The van der Waals surface area contributed by atoms with Crippen molar-refractivity contribution in [2.45, 2.75) is 64.2 Å². The lowest BCUT2D eigenvalue weighted by atomic mass is 10.1. The average molecular weight is 352 g/mol. The van der Waals surface area contributed by atoms with E-state index in [4.69, 9.17) is 4.74 Å². The molecule has 9 heteroatoms. The number of likely N-dealkylation sites (tertiary alicyclic amines) is 1. The minimum atomic E-state index is -5.00. The predicted molar refractivity (Wildman–Crippen MR) is 78.9 cm³/mol. The van der Waals surface area contributed by atoms with Crippen molar-refractivity contribution in [2.75, 3.05) is 13.2 Å². The molecule has 2 amide bonds. The average Bonchev–Trinajstić information content (AvgIpc) is 2.94. The van der Waals surface area contributed by atoms with Crippen molar-refractivity contribution in [3.63, 3.8) is 0 Å².